The molecule has 42 heavy (non-hydrogen) atoms. The Bertz CT molecular complexity index is 1780. The molecule has 6 nitrogen and oxygen atoms in total. The number of hydrogen-bond donors (Lipinski definition) is 0. The highest BCUT2D eigenvalue weighted by molar-refractivity contribution is 6.32. The third-order valence-corrected chi connectivity index (χ3v) is 8.88. The van der Waals surface area contributed by atoms with Crippen LogP contribution in [0, 0.1) is 11.2 Å². The van der Waals surface area contributed by atoms with Crippen molar-refractivity contribution in [3.8, 4) is 11.5 Å². The quantitative estimate of drug-likeness (QED) is 0.216. The number of halogens is 1. The van der Waals surface area contributed by atoms with E-state index in [0.717, 1.165) is 11.3 Å². The number of benzene rings is 4. The Balaban J connectivity index is 1.58. The van der Waals surface area contributed by atoms with Crippen LogP contribution in [0.25, 0.3) is 6.08 Å². The maximum absolute atomic E-state index is 14.8. The van der Waals surface area contributed by atoms with E-state index in [0.29, 0.717) is 28.2 Å². The van der Waals surface area contributed by atoms with Gasteiger partial charge in [-0.05, 0) is 54.1 Å². The van der Waals surface area contributed by atoms with E-state index in [1.165, 1.54) is 38.5 Å². The lowest BCUT2D eigenvalue weighted by Gasteiger charge is -2.37. The molecule has 1 aliphatic carbocycles. The van der Waals surface area contributed by atoms with Crippen molar-refractivity contribution in [2.24, 2.45) is 5.41 Å². The molecule has 4 aromatic rings. The summed E-state index contributed by atoms with van der Waals surface area (Å²) in [4.78, 5) is 46.2. The van der Waals surface area contributed by atoms with Crippen molar-refractivity contribution in [1.82, 2.24) is 0 Å². The molecule has 7 rings (SSSR count). The number of hydrogen-bond acceptors (Lipinski definition) is 6. The van der Waals surface area contributed by atoms with Gasteiger partial charge in [-0.15, -0.1) is 0 Å². The molecule has 0 unspecified atom stereocenters. The molecule has 1 spiro atoms. The van der Waals surface area contributed by atoms with Gasteiger partial charge in [0, 0.05) is 33.9 Å². The van der Waals surface area contributed by atoms with Crippen LogP contribution in [-0.2, 0) is 0 Å². The average molecular weight is 560 g/mol. The zero-order valence-electron chi connectivity index (χ0n) is 22.9. The van der Waals surface area contributed by atoms with Gasteiger partial charge in [-0.3, -0.25) is 14.4 Å². The number of fused-ring (bicyclic) bond motifs is 5. The number of carbonyl (C=O) groups excluding carboxylic acids is 3. The third-order valence-electron chi connectivity index (χ3n) is 8.88. The molecule has 7 heteroatoms. The molecule has 0 radical (unpaired) electrons. The number of Topliss-reactive ketones (excluding diaryl/α,β-unsaturated/α-hetero) is 3. The number of ether oxygens (including phenoxy) is 2. The third kappa shape index (κ3) is 3.40. The Morgan fingerprint density at radius 3 is 2.17 bits per heavy atom. The normalized spacial score (nSPS) is 21.2. The number of methoxy groups -OCH3 is 2. The maximum atomic E-state index is 14.8. The van der Waals surface area contributed by atoms with Crippen LogP contribution in [0.15, 0.2) is 97.1 Å². The molecule has 0 saturated carbocycles. The lowest BCUT2D eigenvalue weighted by atomic mass is 9.64. The highest BCUT2D eigenvalue weighted by Crippen LogP contribution is 2.62. The van der Waals surface area contributed by atoms with Gasteiger partial charge in [0.15, 0.2) is 17.3 Å². The van der Waals surface area contributed by atoms with Gasteiger partial charge >= 0.3 is 0 Å². The van der Waals surface area contributed by atoms with Gasteiger partial charge in [0.25, 0.3) is 0 Å². The lowest BCUT2D eigenvalue weighted by Crippen LogP contribution is -2.48. The van der Waals surface area contributed by atoms with E-state index in [9.17, 15) is 18.8 Å². The van der Waals surface area contributed by atoms with E-state index >= 15 is 0 Å². The first kappa shape index (κ1) is 25.9. The van der Waals surface area contributed by atoms with Gasteiger partial charge < -0.3 is 14.4 Å². The van der Waals surface area contributed by atoms with Gasteiger partial charge in [0.1, 0.15) is 28.8 Å². The number of nitrogens with zero attached hydrogens (tertiary/aromatic N) is 1. The van der Waals surface area contributed by atoms with Gasteiger partial charge in [0.05, 0.1) is 20.3 Å². The minimum absolute atomic E-state index is 0.270. The van der Waals surface area contributed by atoms with Gasteiger partial charge in [-0.2, -0.15) is 0 Å². The molecular weight excluding hydrogens is 533 g/mol. The second-order valence-electron chi connectivity index (χ2n) is 10.7. The van der Waals surface area contributed by atoms with Crippen molar-refractivity contribution in [2.75, 3.05) is 19.1 Å². The van der Waals surface area contributed by atoms with E-state index in [1.807, 2.05) is 41.3 Å². The topological polar surface area (TPSA) is 72.9 Å². The summed E-state index contributed by atoms with van der Waals surface area (Å²) in [5, 5.41) is 0. The molecule has 208 valence electrons. The molecule has 1 fully saturated rings. The van der Waals surface area contributed by atoms with Gasteiger partial charge in [-0.1, -0.05) is 54.6 Å². The van der Waals surface area contributed by atoms with E-state index in [-0.39, 0.29) is 22.9 Å². The first-order chi connectivity index (χ1) is 20.4. The monoisotopic (exact) mass is 559 g/mol. The fourth-order valence-electron chi connectivity index (χ4n) is 7.13. The van der Waals surface area contributed by atoms with Crippen LogP contribution in [0.1, 0.15) is 48.1 Å². The highest BCUT2D eigenvalue weighted by Gasteiger charge is 2.72. The van der Waals surface area contributed by atoms with Crippen molar-refractivity contribution >= 4 is 29.1 Å². The summed E-state index contributed by atoms with van der Waals surface area (Å²) in [6, 6.07) is 23.2. The summed E-state index contributed by atoms with van der Waals surface area (Å²) in [6.07, 6.45) is 3.77. The van der Waals surface area contributed by atoms with Crippen LogP contribution in [-0.4, -0.2) is 43.7 Å². The van der Waals surface area contributed by atoms with Gasteiger partial charge in [0.2, 0.25) is 0 Å². The minimum atomic E-state index is -1.69. The lowest BCUT2D eigenvalue weighted by molar-refractivity contribution is 0.0664. The maximum Gasteiger partial charge on any atom is 0.185 e. The van der Waals surface area contributed by atoms with E-state index in [2.05, 4.69) is 0 Å². The predicted octanol–water partition coefficient (Wildman–Crippen LogP) is 6.16. The molecule has 0 N–H and O–H groups in total. The van der Waals surface area contributed by atoms with Gasteiger partial charge in [-0.25, -0.2) is 4.39 Å². The fraction of sp³-hybridized carbons (Fsp3) is 0.171. The van der Waals surface area contributed by atoms with Crippen molar-refractivity contribution < 1.29 is 28.2 Å². The summed E-state index contributed by atoms with van der Waals surface area (Å²) in [7, 11) is 3.04. The van der Waals surface area contributed by atoms with Crippen LogP contribution in [0.2, 0.25) is 0 Å². The molecule has 2 heterocycles. The molecule has 1 saturated heterocycles. The van der Waals surface area contributed by atoms with Crippen molar-refractivity contribution in [1.29, 1.82) is 0 Å². The standard InChI is InChI=1S/C35H26FNO5/c1-41-23-16-17-28(42-2)26(19-23)30-31(32(38)21-11-14-22(36)15-12-21)37-27-10-6-3-7-20(27)13-18-29(37)35(30)33(39)24-8-4-5-9-25(24)34(35)40/h3-19,29-31H,1-2H3/t29-,30+,31+/m0/s1. The minimum Gasteiger partial charge on any atom is -0.497 e. The molecular formula is C35H26FNO5. The first-order valence-corrected chi connectivity index (χ1v) is 13.7. The predicted molar refractivity (Wildman–Crippen MR) is 156 cm³/mol. The largest absolute Gasteiger partial charge is 0.497 e. The van der Waals surface area contributed by atoms with Crippen LogP contribution < -0.4 is 14.4 Å². The fourth-order valence-corrected chi connectivity index (χ4v) is 7.13. The van der Waals surface area contributed by atoms with Crippen molar-refractivity contribution in [3.63, 3.8) is 0 Å². The Kier molecular flexibility index (Phi) is 5.87. The molecule has 0 bridgehead atoms. The average Bonchev–Trinajstić information content (AvgIpc) is 3.46. The van der Waals surface area contributed by atoms with Crippen LogP contribution in [0.5, 0.6) is 11.5 Å². The van der Waals surface area contributed by atoms with E-state index < -0.39 is 29.2 Å². The number of anilines is 1. The van der Waals surface area contributed by atoms with Crippen molar-refractivity contribution in [3.05, 3.63) is 131 Å². The number of rotatable bonds is 5. The van der Waals surface area contributed by atoms with E-state index in [1.54, 1.807) is 42.5 Å². The number of para-hydroxylation sites is 1. The zero-order chi connectivity index (χ0) is 29.2. The molecule has 4 aromatic carbocycles. The summed E-state index contributed by atoms with van der Waals surface area (Å²) < 4.78 is 25.3. The Morgan fingerprint density at radius 2 is 1.50 bits per heavy atom. The zero-order valence-corrected chi connectivity index (χ0v) is 22.9. The van der Waals surface area contributed by atoms with E-state index in [4.69, 9.17) is 9.47 Å². The second-order valence-corrected chi connectivity index (χ2v) is 10.7. The Hall–Kier alpha value is -5.04. The number of carbonyl (C=O) groups is 3. The summed E-state index contributed by atoms with van der Waals surface area (Å²) in [5.74, 6) is -1.56. The molecule has 2 aliphatic heterocycles. The first-order valence-electron chi connectivity index (χ1n) is 13.7. The van der Waals surface area contributed by atoms with Crippen LogP contribution in [0.3, 0.4) is 0 Å². The Morgan fingerprint density at radius 1 is 0.833 bits per heavy atom. The smallest absolute Gasteiger partial charge is 0.185 e. The molecule has 0 amide bonds. The summed E-state index contributed by atoms with van der Waals surface area (Å²) in [6.45, 7) is 0. The van der Waals surface area contributed by atoms with Crippen LogP contribution in [0.4, 0.5) is 10.1 Å². The molecule has 3 aliphatic rings. The summed E-state index contributed by atoms with van der Waals surface area (Å²) >= 11 is 0. The highest BCUT2D eigenvalue weighted by atomic mass is 19.1. The second kappa shape index (κ2) is 9.52. The number of ketones is 3. The van der Waals surface area contributed by atoms with Crippen LogP contribution >= 0.6 is 0 Å². The van der Waals surface area contributed by atoms with Crippen molar-refractivity contribution in [2.45, 2.75) is 18.0 Å². The molecule has 3 atom stereocenters. The SMILES string of the molecule is COc1ccc(OC)c([C@@H]2[C@H](C(=O)c3ccc(F)cc3)N3c4ccccc4C=C[C@H]3C23C(=O)c2ccccc2C3=O)c1. The molecule has 0 aromatic heterocycles. The summed E-state index contributed by atoms with van der Waals surface area (Å²) in [5.41, 5.74) is 1.33. The Labute approximate surface area is 242 Å².